The first-order chi connectivity index (χ1) is 9.15. The van der Waals surface area contributed by atoms with Gasteiger partial charge in [0, 0.05) is 10.7 Å². The van der Waals surface area contributed by atoms with E-state index in [1.807, 2.05) is 0 Å². The molecule has 2 rings (SSSR count). The molecule has 0 aromatic carbocycles. The van der Waals surface area contributed by atoms with E-state index in [0.29, 0.717) is 22.0 Å². The molecule has 1 aliphatic rings. The highest BCUT2D eigenvalue weighted by molar-refractivity contribution is 9.10. The molecule has 1 fully saturated rings. The molecule has 1 aromatic heterocycles. The van der Waals surface area contributed by atoms with Crippen LogP contribution in [0, 0.1) is 0 Å². The Hall–Kier alpha value is -1.64. The lowest BCUT2D eigenvalue weighted by Gasteiger charge is -2.24. The standard InChI is InChI=1S/C11H9BrF3N3O2/c1-10(11(13,14)15)8(19)18(9(20)17-10)5-7-3-2-6(12)4-16-7/h2-4H,5H2,1H3,(H,17,20). The van der Waals surface area contributed by atoms with Crippen LogP contribution in [0.15, 0.2) is 22.8 Å². The number of hydrogen-bond donors (Lipinski definition) is 1. The molecule has 2 heterocycles. The lowest BCUT2D eigenvalue weighted by atomic mass is 10.0. The van der Waals surface area contributed by atoms with Crippen molar-refractivity contribution in [3.63, 3.8) is 0 Å². The Morgan fingerprint density at radius 2 is 2.05 bits per heavy atom. The van der Waals surface area contributed by atoms with Gasteiger partial charge in [-0.1, -0.05) is 0 Å². The van der Waals surface area contributed by atoms with Crippen LogP contribution in [0.5, 0.6) is 0 Å². The fourth-order valence-electron chi connectivity index (χ4n) is 1.69. The molecule has 5 nitrogen and oxygen atoms in total. The number of rotatable bonds is 2. The number of pyridine rings is 1. The predicted octanol–water partition coefficient (Wildman–Crippen LogP) is 2.22. The second-order valence-corrected chi connectivity index (χ2v) is 5.33. The normalized spacial score (nSPS) is 23.1. The van der Waals surface area contributed by atoms with Gasteiger partial charge in [-0.2, -0.15) is 13.2 Å². The molecule has 0 aliphatic carbocycles. The molecule has 1 unspecified atom stereocenters. The van der Waals surface area contributed by atoms with Crippen molar-refractivity contribution in [2.45, 2.75) is 25.2 Å². The number of imide groups is 1. The smallest absolute Gasteiger partial charge is 0.316 e. The van der Waals surface area contributed by atoms with Crippen LogP contribution in [0.25, 0.3) is 0 Å². The molecule has 1 aromatic rings. The molecule has 0 spiro atoms. The van der Waals surface area contributed by atoms with Crippen molar-refractivity contribution >= 4 is 27.9 Å². The molecule has 1 atom stereocenters. The minimum absolute atomic E-state index is 0.308. The zero-order valence-corrected chi connectivity index (χ0v) is 11.7. The second-order valence-electron chi connectivity index (χ2n) is 4.41. The van der Waals surface area contributed by atoms with Gasteiger partial charge in [0.2, 0.25) is 5.54 Å². The van der Waals surface area contributed by atoms with E-state index in [9.17, 15) is 22.8 Å². The maximum absolute atomic E-state index is 12.8. The monoisotopic (exact) mass is 351 g/mol. The molecule has 9 heteroatoms. The Bertz CT molecular complexity index is 561. The lowest BCUT2D eigenvalue weighted by molar-refractivity contribution is -0.191. The summed E-state index contributed by atoms with van der Waals surface area (Å²) in [5, 5.41) is 1.68. The number of hydrogen-bond acceptors (Lipinski definition) is 3. The third-order valence-corrected chi connectivity index (χ3v) is 3.42. The largest absolute Gasteiger partial charge is 0.420 e. The lowest BCUT2D eigenvalue weighted by Crippen LogP contribution is -2.56. The summed E-state index contributed by atoms with van der Waals surface area (Å²) in [4.78, 5) is 27.8. The van der Waals surface area contributed by atoms with Crippen LogP contribution in [0.4, 0.5) is 18.0 Å². The Kier molecular flexibility index (Phi) is 3.49. The Labute approximate surface area is 120 Å². The van der Waals surface area contributed by atoms with Crippen molar-refractivity contribution in [3.05, 3.63) is 28.5 Å². The number of halogens is 4. The summed E-state index contributed by atoms with van der Waals surface area (Å²) >= 11 is 3.15. The molecule has 20 heavy (non-hydrogen) atoms. The van der Waals surface area contributed by atoms with Gasteiger partial charge in [-0.05, 0) is 35.0 Å². The fourth-order valence-corrected chi connectivity index (χ4v) is 1.93. The topological polar surface area (TPSA) is 62.3 Å². The summed E-state index contributed by atoms with van der Waals surface area (Å²) in [5.74, 6) is -1.33. The molecule has 1 saturated heterocycles. The van der Waals surface area contributed by atoms with Crippen LogP contribution in [0.1, 0.15) is 12.6 Å². The minimum atomic E-state index is -4.86. The number of urea groups is 1. The highest BCUT2D eigenvalue weighted by Gasteiger charge is 2.64. The van der Waals surface area contributed by atoms with E-state index in [2.05, 4.69) is 20.9 Å². The van der Waals surface area contributed by atoms with Gasteiger partial charge in [0.05, 0.1) is 12.2 Å². The highest BCUT2D eigenvalue weighted by Crippen LogP contribution is 2.35. The number of amides is 3. The summed E-state index contributed by atoms with van der Waals surface area (Å²) in [6.07, 6.45) is -3.43. The first-order valence-electron chi connectivity index (χ1n) is 5.46. The van der Waals surface area contributed by atoms with E-state index in [-0.39, 0.29) is 6.54 Å². The van der Waals surface area contributed by atoms with Gasteiger partial charge >= 0.3 is 12.2 Å². The average Bonchev–Trinajstić information content (AvgIpc) is 2.56. The highest BCUT2D eigenvalue weighted by atomic mass is 79.9. The molecule has 0 saturated carbocycles. The number of carbonyl (C=O) groups is 2. The summed E-state index contributed by atoms with van der Waals surface area (Å²) in [5.41, 5.74) is -2.58. The first-order valence-corrected chi connectivity index (χ1v) is 6.26. The summed E-state index contributed by atoms with van der Waals surface area (Å²) in [6, 6.07) is 2.04. The van der Waals surface area contributed by atoms with E-state index in [0.717, 1.165) is 0 Å². The van der Waals surface area contributed by atoms with Gasteiger partial charge in [0.15, 0.2) is 0 Å². The number of alkyl halides is 3. The van der Waals surface area contributed by atoms with Crippen LogP contribution in [-0.4, -0.2) is 33.5 Å². The molecule has 108 valence electrons. The van der Waals surface area contributed by atoms with Crippen LogP contribution < -0.4 is 5.32 Å². The van der Waals surface area contributed by atoms with Gasteiger partial charge in [-0.15, -0.1) is 0 Å². The third kappa shape index (κ3) is 2.37. The molecule has 1 N–H and O–H groups in total. The summed E-state index contributed by atoms with van der Waals surface area (Å²) in [7, 11) is 0. The second kappa shape index (κ2) is 4.72. The first kappa shape index (κ1) is 14.8. The Morgan fingerprint density at radius 1 is 1.40 bits per heavy atom. The van der Waals surface area contributed by atoms with Crippen molar-refractivity contribution in [3.8, 4) is 0 Å². The molecule has 1 aliphatic heterocycles. The van der Waals surface area contributed by atoms with E-state index < -0.39 is 23.7 Å². The van der Waals surface area contributed by atoms with Gasteiger partial charge in [0.25, 0.3) is 5.91 Å². The predicted molar refractivity (Wildman–Crippen MR) is 65.5 cm³/mol. The molecule has 0 radical (unpaired) electrons. The molecular formula is C11H9BrF3N3O2. The number of aromatic nitrogens is 1. The Balaban J connectivity index is 2.24. The quantitative estimate of drug-likeness (QED) is 0.831. The van der Waals surface area contributed by atoms with Crippen molar-refractivity contribution in [2.75, 3.05) is 0 Å². The van der Waals surface area contributed by atoms with Crippen molar-refractivity contribution in [2.24, 2.45) is 0 Å². The Morgan fingerprint density at radius 3 is 2.50 bits per heavy atom. The maximum Gasteiger partial charge on any atom is 0.420 e. The average molecular weight is 352 g/mol. The molecule has 3 amide bonds. The number of nitrogens with zero attached hydrogens (tertiary/aromatic N) is 2. The zero-order valence-electron chi connectivity index (χ0n) is 10.2. The third-order valence-electron chi connectivity index (χ3n) is 2.95. The number of nitrogens with one attached hydrogen (secondary N) is 1. The maximum atomic E-state index is 12.8. The van der Waals surface area contributed by atoms with E-state index in [1.54, 1.807) is 11.4 Å². The van der Waals surface area contributed by atoms with Gasteiger partial charge in [-0.25, -0.2) is 4.79 Å². The molecular weight excluding hydrogens is 343 g/mol. The number of carbonyl (C=O) groups excluding carboxylic acids is 2. The van der Waals surface area contributed by atoms with Crippen LogP contribution in [-0.2, 0) is 11.3 Å². The minimum Gasteiger partial charge on any atom is -0.316 e. The van der Waals surface area contributed by atoms with Gasteiger partial charge in [-0.3, -0.25) is 14.7 Å². The molecule has 0 bridgehead atoms. The fraction of sp³-hybridized carbons (Fsp3) is 0.364. The van der Waals surface area contributed by atoms with E-state index in [4.69, 9.17) is 0 Å². The van der Waals surface area contributed by atoms with E-state index >= 15 is 0 Å². The SMILES string of the molecule is CC1(C(F)(F)F)NC(=O)N(Cc2ccc(Br)cn2)C1=O. The van der Waals surface area contributed by atoms with Crippen molar-refractivity contribution < 1.29 is 22.8 Å². The van der Waals surface area contributed by atoms with E-state index in [1.165, 1.54) is 12.3 Å². The van der Waals surface area contributed by atoms with Gasteiger partial charge in [0.1, 0.15) is 0 Å². The van der Waals surface area contributed by atoms with Crippen LogP contribution in [0.2, 0.25) is 0 Å². The van der Waals surface area contributed by atoms with Crippen molar-refractivity contribution in [1.82, 2.24) is 15.2 Å². The van der Waals surface area contributed by atoms with Crippen molar-refractivity contribution in [1.29, 1.82) is 0 Å². The van der Waals surface area contributed by atoms with Crippen LogP contribution >= 0.6 is 15.9 Å². The summed E-state index contributed by atoms with van der Waals surface area (Å²) < 4.78 is 39.2. The van der Waals surface area contributed by atoms with Crippen LogP contribution in [0.3, 0.4) is 0 Å². The van der Waals surface area contributed by atoms with Gasteiger partial charge < -0.3 is 5.32 Å². The zero-order chi connectivity index (χ0) is 15.1. The summed E-state index contributed by atoms with van der Waals surface area (Å²) in [6.45, 7) is 0.325.